The molecule has 0 aromatic heterocycles. The Morgan fingerprint density at radius 2 is 2.38 bits per heavy atom. The van der Waals surface area contributed by atoms with Gasteiger partial charge in [-0.1, -0.05) is 13.5 Å². The molecule has 0 amide bonds. The third-order valence-electron chi connectivity index (χ3n) is 1.03. The van der Waals surface area contributed by atoms with Crippen LogP contribution in [0.25, 0.3) is 0 Å². The van der Waals surface area contributed by atoms with Gasteiger partial charge in [-0.2, -0.15) is 0 Å². The van der Waals surface area contributed by atoms with Gasteiger partial charge in [0, 0.05) is 7.11 Å². The van der Waals surface area contributed by atoms with Gasteiger partial charge in [0.25, 0.3) is 0 Å². The van der Waals surface area contributed by atoms with Gasteiger partial charge in [-0.05, 0) is 6.42 Å². The van der Waals surface area contributed by atoms with Crippen molar-refractivity contribution in [1.29, 1.82) is 0 Å². The molecule has 0 radical (unpaired) electrons. The van der Waals surface area contributed by atoms with Gasteiger partial charge in [0.2, 0.25) is 0 Å². The van der Waals surface area contributed by atoms with Crippen molar-refractivity contribution in [3.8, 4) is 0 Å². The number of hydrogen-bond donors (Lipinski definition) is 1. The Balaban J connectivity index is 3.52. The van der Waals surface area contributed by atoms with Crippen molar-refractivity contribution in [1.82, 2.24) is 0 Å². The molecule has 1 atom stereocenters. The maximum Gasteiger partial charge on any atom is 0.114 e. The van der Waals surface area contributed by atoms with Crippen molar-refractivity contribution in [3.63, 3.8) is 0 Å². The van der Waals surface area contributed by atoms with Gasteiger partial charge in [-0.3, -0.25) is 0 Å². The third-order valence-corrected chi connectivity index (χ3v) is 1.03. The molecular formula is C6H12O2. The summed E-state index contributed by atoms with van der Waals surface area (Å²) < 4.78 is 4.81. The van der Waals surface area contributed by atoms with Crippen molar-refractivity contribution in [2.75, 3.05) is 7.11 Å². The molecule has 1 N–H and O–H groups in total. The highest BCUT2D eigenvalue weighted by molar-refractivity contribution is 4.88. The highest BCUT2D eigenvalue weighted by Gasteiger charge is 2.04. The molecule has 0 aromatic rings. The number of ether oxygens (including phenoxy) is 1. The Morgan fingerprint density at radius 3 is 2.38 bits per heavy atom. The lowest BCUT2D eigenvalue weighted by atomic mass is 10.2. The van der Waals surface area contributed by atoms with Crippen molar-refractivity contribution < 1.29 is 9.84 Å². The van der Waals surface area contributed by atoms with E-state index < -0.39 is 0 Å². The Morgan fingerprint density at radius 1 is 1.88 bits per heavy atom. The monoisotopic (exact) mass is 116 g/mol. The third kappa shape index (κ3) is 1.98. The van der Waals surface area contributed by atoms with Crippen LogP contribution >= 0.6 is 0 Å². The van der Waals surface area contributed by atoms with Crippen LogP contribution in [0.1, 0.15) is 13.3 Å². The summed E-state index contributed by atoms with van der Waals surface area (Å²) in [6, 6.07) is 0. The van der Waals surface area contributed by atoms with E-state index in [1.807, 2.05) is 6.92 Å². The fourth-order valence-electron chi connectivity index (χ4n) is 0.538. The van der Waals surface area contributed by atoms with Crippen molar-refractivity contribution in [2.24, 2.45) is 0 Å². The zero-order valence-electron chi connectivity index (χ0n) is 5.35. The first kappa shape index (κ1) is 7.50. The van der Waals surface area contributed by atoms with Crippen LogP contribution in [0.4, 0.5) is 0 Å². The average molecular weight is 116 g/mol. The molecule has 2 nitrogen and oxygen atoms in total. The summed E-state index contributed by atoms with van der Waals surface area (Å²) in [6.45, 7) is 5.25. The van der Waals surface area contributed by atoms with E-state index in [-0.39, 0.29) is 11.9 Å². The zero-order chi connectivity index (χ0) is 6.57. The molecule has 0 aliphatic rings. The predicted molar refractivity (Wildman–Crippen MR) is 32.9 cm³/mol. The first-order valence-corrected chi connectivity index (χ1v) is 2.63. The molecule has 8 heavy (non-hydrogen) atoms. The Hall–Kier alpha value is -0.500. The quantitative estimate of drug-likeness (QED) is 0.566. The van der Waals surface area contributed by atoms with E-state index in [0.29, 0.717) is 0 Å². The maximum absolute atomic E-state index is 8.69. The van der Waals surface area contributed by atoms with Gasteiger partial charge in [0.05, 0.1) is 0 Å². The SMILES string of the molecule is C=C(O)C(CC)OC. The van der Waals surface area contributed by atoms with Gasteiger partial charge in [0.15, 0.2) is 0 Å². The number of hydrogen-bond acceptors (Lipinski definition) is 2. The Kier molecular flexibility index (Phi) is 3.28. The summed E-state index contributed by atoms with van der Waals surface area (Å²) >= 11 is 0. The maximum atomic E-state index is 8.69. The van der Waals surface area contributed by atoms with Crippen LogP contribution in [-0.4, -0.2) is 18.3 Å². The minimum Gasteiger partial charge on any atom is -0.510 e. The van der Waals surface area contributed by atoms with E-state index in [4.69, 9.17) is 9.84 Å². The first-order chi connectivity index (χ1) is 3.72. The lowest BCUT2D eigenvalue weighted by Crippen LogP contribution is -2.10. The molecule has 1 unspecified atom stereocenters. The second-order valence-corrected chi connectivity index (χ2v) is 1.62. The molecule has 0 aromatic carbocycles. The minimum absolute atomic E-state index is 0.106. The number of rotatable bonds is 3. The van der Waals surface area contributed by atoms with Crippen LogP contribution in [0.15, 0.2) is 12.3 Å². The molecule has 0 spiro atoms. The fraction of sp³-hybridized carbons (Fsp3) is 0.667. The van der Waals surface area contributed by atoms with Crippen molar-refractivity contribution in [2.45, 2.75) is 19.4 Å². The van der Waals surface area contributed by atoms with Crippen LogP contribution in [0.5, 0.6) is 0 Å². The second kappa shape index (κ2) is 3.50. The van der Waals surface area contributed by atoms with E-state index in [0.717, 1.165) is 6.42 Å². The lowest BCUT2D eigenvalue weighted by molar-refractivity contribution is 0.0914. The summed E-state index contributed by atoms with van der Waals surface area (Å²) in [4.78, 5) is 0. The van der Waals surface area contributed by atoms with Crippen LogP contribution in [0.3, 0.4) is 0 Å². The highest BCUT2D eigenvalue weighted by Crippen LogP contribution is 2.02. The zero-order valence-corrected chi connectivity index (χ0v) is 5.35. The molecule has 0 bridgehead atoms. The minimum atomic E-state index is -0.185. The number of methoxy groups -OCH3 is 1. The molecule has 0 rings (SSSR count). The lowest BCUT2D eigenvalue weighted by Gasteiger charge is -2.09. The van der Waals surface area contributed by atoms with Crippen LogP contribution in [0, 0.1) is 0 Å². The van der Waals surface area contributed by atoms with Crippen LogP contribution in [-0.2, 0) is 4.74 Å². The Bertz CT molecular complexity index is 74.6. The molecule has 0 fully saturated rings. The number of aliphatic hydroxyl groups excluding tert-OH is 1. The Labute approximate surface area is 49.8 Å². The van der Waals surface area contributed by atoms with Crippen molar-refractivity contribution >= 4 is 0 Å². The summed E-state index contributed by atoms with van der Waals surface area (Å²) in [6.07, 6.45) is 0.584. The molecule has 48 valence electrons. The molecule has 0 saturated heterocycles. The largest absolute Gasteiger partial charge is 0.510 e. The standard InChI is InChI=1S/C6H12O2/c1-4-6(8-3)5(2)7/h6-7H,2,4H2,1,3H3. The van der Waals surface area contributed by atoms with Gasteiger partial charge < -0.3 is 9.84 Å². The predicted octanol–water partition coefficient (Wildman–Crippen LogP) is 1.48. The molecular weight excluding hydrogens is 104 g/mol. The summed E-state index contributed by atoms with van der Waals surface area (Å²) in [5.74, 6) is 0.106. The van der Waals surface area contributed by atoms with E-state index >= 15 is 0 Å². The summed E-state index contributed by atoms with van der Waals surface area (Å²) in [5.41, 5.74) is 0. The molecule has 0 aliphatic heterocycles. The molecule has 2 heteroatoms. The van der Waals surface area contributed by atoms with Gasteiger partial charge in [-0.25, -0.2) is 0 Å². The van der Waals surface area contributed by atoms with E-state index in [1.165, 1.54) is 0 Å². The van der Waals surface area contributed by atoms with Crippen molar-refractivity contribution in [3.05, 3.63) is 12.3 Å². The summed E-state index contributed by atoms with van der Waals surface area (Å²) in [5, 5.41) is 8.69. The molecule has 0 aliphatic carbocycles. The number of aliphatic hydroxyl groups is 1. The molecule has 0 heterocycles. The fourth-order valence-corrected chi connectivity index (χ4v) is 0.538. The second-order valence-electron chi connectivity index (χ2n) is 1.62. The summed E-state index contributed by atoms with van der Waals surface area (Å²) in [7, 11) is 1.55. The average Bonchev–Trinajstić information content (AvgIpc) is 1.69. The highest BCUT2D eigenvalue weighted by atomic mass is 16.5. The smallest absolute Gasteiger partial charge is 0.114 e. The van der Waals surface area contributed by atoms with Crippen LogP contribution in [0.2, 0.25) is 0 Å². The van der Waals surface area contributed by atoms with Crippen LogP contribution < -0.4 is 0 Å². The van der Waals surface area contributed by atoms with Gasteiger partial charge in [0.1, 0.15) is 11.9 Å². The van der Waals surface area contributed by atoms with Gasteiger partial charge in [-0.15, -0.1) is 0 Å². The van der Waals surface area contributed by atoms with E-state index in [9.17, 15) is 0 Å². The van der Waals surface area contributed by atoms with E-state index in [1.54, 1.807) is 7.11 Å². The topological polar surface area (TPSA) is 29.5 Å². The molecule has 0 saturated carbocycles. The normalized spacial score (nSPS) is 13.2. The first-order valence-electron chi connectivity index (χ1n) is 2.63. The van der Waals surface area contributed by atoms with Gasteiger partial charge >= 0.3 is 0 Å². The van der Waals surface area contributed by atoms with E-state index in [2.05, 4.69) is 6.58 Å².